The topological polar surface area (TPSA) is 53.3 Å². The SMILES string of the molecule is CN(c1ccccc1)c1ccc(-c2nccn2CC2(O)CCNC2)cc1. The molecule has 1 fully saturated rings. The summed E-state index contributed by atoms with van der Waals surface area (Å²) in [4.78, 5) is 6.67. The molecule has 0 spiro atoms. The monoisotopic (exact) mass is 348 g/mol. The van der Waals surface area contributed by atoms with Crippen LogP contribution in [-0.4, -0.2) is 40.4 Å². The van der Waals surface area contributed by atoms with Crippen LogP contribution in [0, 0.1) is 0 Å². The van der Waals surface area contributed by atoms with Crippen molar-refractivity contribution in [2.75, 3.05) is 25.0 Å². The molecule has 1 atom stereocenters. The van der Waals surface area contributed by atoms with E-state index in [1.54, 1.807) is 6.20 Å². The van der Waals surface area contributed by atoms with Crippen LogP contribution in [0.4, 0.5) is 11.4 Å². The Hall–Kier alpha value is -2.63. The first kappa shape index (κ1) is 16.8. The average Bonchev–Trinajstić information content (AvgIpc) is 3.31. The fourth-order valence-corrected chi connectivity index (χ4v) is 3.51. The van der Waals surface area contributed by atoms with Crippen molar-refractivity contribution < 1.29 is 5.11 Å². The lowest BCUT2D eigenvalue weighted by Gasteiger charge is -2.23. The summed E-state index contributed by atoms with van der Waals surface area (Å²) in [7, 11) is 2.06. The van der Waals surface area contributed by atoms with E-state index in [2.05, 4.69) is 58.6 Å². The maximum atomic E-state index is 10.7. The second kappa shape index (κ2) is 6.94. The number of aliphatic hydroxyl groups is 1. The van der Waals surface area contributed by atoms with Crippen LogP contribution < -0.4 is 10.2 Å². The number of nitrogens with one attached hydrogen (secondary N) is 1. The maximum absolute atomic E-state index is 10.7. The molecule has 1 saturated heterocycles. The molecule has 26 heavy (non-hydrogen) atoms. The van der Waals surface area contributed by atoms with E-state index in [1.165, 1.54) is 0 Å². The number of aromatic nitrogens is 2. The predicted molar refractivity (Wildman–Crippen MR) is 105 cm³/mol. The lowest BCUT2D eigenvalue weighted by atomic mass is 10.0. The van der Waals surface area contributed by atoms with E-state index in [0.717, 1.165) is 35.7 Å². The van der Waals surface area contributed by atoms with Crippen molar-refractivity contribution in [3.63, 3.8) is 0 Å². The molecule has 5 nitrogen and oxygen atoms in total. The van der Waals surface area contributed by atoms with Gasteiger partial charge in [0, 0.05) is 42.9 Å². The van der Waals surface area contributed by atoms with Crippen molar-refractivity contribution in [3.05, 3.63) is 67.0 Å². The number of β-amino-alcohol motifs (C(OH)–C–C–N with tert-alkyl or cyclic N) is 1. The lowest BCUT2D eigenvalue weighted by molar-refractivity contribution is 0.0436. The molecule has 1 aliphatic rings. The highest BCUT2D eigenvalue weighted by Crippen LogP contribution is 2.27. The summed E-state index contributed by atoms with van der Waals surface area (Å²) >= 11 is 0. The molecule has 0 bridgehead atoms. The van der Waals surface area contributed by atoms with Crippen LogP contribution in [0.2, 0.25) is 0 Å². The van der Waals surface area contributed by atoms with Crippen LogP contribution in [0.1, 0.15) is 6.42 Å². The molecule has 0 amide bonds. The van der Waals surface area contributed by atoms with Gasteiger partial charge < -0.3 is 19.9 Å². The zero-order valence-corrected chi connectivity index (χ0v) is 15.0. The van der Waals surface area contributed by atoms with E-state index >= 15 is 0 Å². The molecule has 2 aromatic carbocycles. The van der Waals surface area contributed by atoms with Gasteiger partial charge >= 0.3 is 0 Å². The number of hydrogen-bond acceptors (Lipinski definition) is 4. The zero-order chi connectivity index (χ0) is 18.0. The van der Waals surface area contributed by atoms with Gasteiger partial charge in [0.25, 0.3) is 0 Å². The third kappa shape index (κ3) is 3.36. The Labute approximate surface area is 153 Å². The van der Waals surface area contributed by atoms with Crippen LogP contribution in [0.15, 0.2) is 67.0 Å². The first-order valence-corrected chi connectivity index (χ1v) is 8.98. The maximum Gasteiger partial charge on any atom is 0.139 e. The molecule has 0 saturated carbocycles. The molecule has 1 unspecified atom stereocenters. The Balaban J connectivity index is 1.55. The summed E-state index contributed by atoms with van der Waals surface area (Å²) < 4.78 is 2.04. The first-order chi connectivity index (χ1) is 12.6. The molecule has 1 aliphatic heterocycles. The quantitative estimate of drug-likeness (QED) is 0.744. The molecule has 0 radical (unpaired) electrons. The normalized spacial score (nSPS) is 19.6. The number of nitrogens with zero attached hydrogens (tertiary/aromatic N) is 3. The van der Waals surface area contributed by atoms with Gasteiger partial charge in [-0.15, -0.1) is 0 Å². The van der Waals surface area contributed by atoms with Gasteiger partial charge in [-0.2, -0.15) is 0 Å². The summed E-state index contributed by atoms with van der Waals surface area (Å²) in [5.41, 5.74) is 2.63. The summed E-state index contributed by atoms with van der Waals surface area (Å²) in [6.07, 6.45) is 4.51. The Bertz CT molecular complexity index is 851. The molecule has 2 N–H and O–H groups in total. The molecule has 0 aliphatic carbocycles. The van der Waals surface area contributed by atoms with E-state index in [4.69, 9.17) is 0 Å². The minimum absolute atomic E-state index is 0.557. The third-order valence-corrected chi connectivity index (χ3v) is 5.06. The number of anilines is 2. The smallest absolute Gasteiger partial charge is 0.139 e. The standard InChI is InChI=1S/C21H24N4O/c1-24(18-5-3-2-4-6-18)19-9-7-17(8-10-19)20-23-13-14-25(20)16-21(26)11-12-22-15-21/h2-10,13-14,22,26H,11-12,15-16H2,1H3. The molecular weight excluding hydrogens is 324 g/mol. The molecule has 2 heterocycles. The van der Waals surface area contributed by atoms with Crippen LogP contribution in [0.25, 0.3) is 11.4 Å². The van der Waals surface area contributed by atoms with Gasteiger partial charge in [0.2, 0.25) is 0 Å². The Kier molecular flexibility index (Phi) is 4.49. The summed E-state index contributed by atoms with van der Waals surface area (Å²) in [6, 6.07) is 18.7. The summed E-state index contributed by atoms with van der Waals surface area (Å²) in [6.45, 7) is 2.05. The van der Waals surface area contributed by atoms with E-state index in [9.17, 15) is 5.11 Å². The fourth-order valence-electron chi connectivity index (χ4n) is 3.51. The Morgan fingerprint density at radius 1 is 1.12 bits per heavy atom. The Morgan fingerprint density at radius 2 is 1.85 bits per heavy atom. The van der Waals surface area contributed by atoms with Gasteiger partial charge in [-0.3, -0.25) is 0 Å². The third-order valence-electron chi connectivity index (χ3n) is 5.06. The average molecular weight is 348 g/mol. The van der Waals surface area contributed by atoms with Crippen molar-refractivity contribution in [2.45, 2.75) is 18.6 Å². The molecule has 134 valence electrons. The number of hydrogen-bond donors (Lipinski definition) is 2. The van der Waals surface area contributed by atoms with Gasteiger partial charge in [0.05, 0.1) is 12.1 Å². The number of rotatable bonds is 5. The van der Waals surface area contributed by atoms with Crippen molar-refractivity contribution >= 4 is 11.4 Å². The summed E-state index contributed by atoms with van der Waals surface area (Å²) in [5.74, 6) is 0.888. The Morgan fingerprint density at radius 3 is 2.54 bits per heavy atom. The summed E-state index contributed by atoms with van der Waals surface area (Å²) in [5, 5.41) is 13.9. The van der Waals surface area contributed by atoms with Gasteiger partial charge in [0.1, 0.15) is 5.82 Å². The number of para-hydroxylation sites is 1. The minimum atomic E-state index is -0.692. The van der Waals surface area contributed by atoms with Gasteiger partial charge in [0.15, 0.2) is 0 Å². The molecular formula is C21H24N4O. The first-order valence-electron chi connectivity index (χ1n) is 8.98. The zero-order valence-electron chi connectivity index (χ0n) is 15.0. The highest BCUT2D eigenvalue weighted by atomic mass is 16.3. The second-order valence-corrected chi connectivity index (χ2v) is 6.97. The van der Waals surface area contributed by atoms with Crippen molar-refractivity contribution in [1.82, 2.24) is 14.9 Å². The molecule has 1 aromatic heterocycles. The van der Waals surface area contributed by atoms with E-state index < -0.39 is 5.60 Å². The van der Waals surface area contributed by atoms with E-state index in [-0.39, 0.29) is 0 Å². The van der Waals surface area contributed by atoms with Gasteiger partial charge in [-0.25, -0.2) is 4.98 Å². The largest absolute Gasteiger partial charge is 0.387 e. The molecule has 4 rings (SSSR count). The number of benzene rings is 2. The second-order valence-electron chi connectivity index (χ2n) is 6.97. The highest BCUT2D eigenvalue weighted by molar-refractivity contribution is 5.66. The highest BCUT2D eigenvalue weighted by Gasteiger charge is 2.32. The van der Waals surface area contributed by atoms with Crippen LogP contribution >= 0.6 is 0 Å². The molecule has 3 aromatic rings. The van der Waals surface area contributed by atoms with Crippen molar-refractivity contribution in [2.24, 2.45) is 0 Å². The number of imidazole rings is 1. The van der Waals surface area contributed by atoms with Crippen LogP contribution in [-0.2, 0) is 6.54 Å². The van der Waals surface area contributed by atoms with Gasteiger partial charge in [-0.1, -0.05) is 18.2 Å². The lowest BCUT2D eigenvalue weighted by Crippen LogP contribution is -2.36. The van der Waals surface area contributed by atoms with Crippen molar-refractivity contribution in [3.8, 4) is 11.4 Å². The van der Waals surface area contributed by atoms with Crippen LogP contribution in [0.5, 0.6) is 0 Å². The fraction of sp³-hybridized carbons (Fsp3) is 0.286. The van der Waals surface area contributed by atoms with Crippen LogP contribution in [0.3, 0.4) is 0 Å². The van der Waals surface area contributed by atoms with Crippen molar-refractivity contribution in [1.29, 1.82) is 0 Å². The van der Waals surface area contributed by atoms with E-state index in [1.807, 2.05) is 29.0 Å². The van der Waals surface area contributed by atoms with Gasteiger partial charge in [-0.05, 0) is 49.4 Å². The minimum Gasteiger partial charge on any atom is -0.387 e. The van der Waals surface area contributed by atoms with E-state index in [0.29, 0.717) is 13.1 Å². The molecule has 5 heteroatoms. The predicted octanol–water partition coefficient (Wildman–Crippen LogP) is 3.04.